The third-order valence-corrected chi connectivity index (χ3v) is 11.4. The fourth-order valence-electron chi connectivity index (χ4n) is 9.65. The van der Waals surface area contributed by atoms with Crippen LogP contribution >= 0.6 is 0 Å². The van der Waals surface area contributed by atoms with Crippen molar-refractivity contribution < 1.29 is 10.2 Å². The summed E-state index contributed by atoms with van der Waals surface area (Å²) in [7, 11) is 0. The largest absolute Gasteiger partial charge is 0.390 e. The molecule has 4 aliphatic carbocycles. The molecule has 4 saturated carbocycles. The van der Waals surface area contributed by atoms with Gasteiger partial charge in [0.1, 0.15) is 6.07 Å². The van der Waals surface area contributed by atoms with Crippen molar-refractivity contribution in [3.05, 3.63) is 24.0 Å². The van der Waals surface area contributed by atoms with Gasteiger partial charge in [0.2, 0.25) is 0 Å². The van der Waals surface area contributed by atoms with Crippen molar-refractivity contribution in [2.24, 2.45) is 40.4 Å². The summed E-state index contributed by atoms with van der Waals surface area (Å²) >= 11 is 0. The highest BCUT2D eigenvalue weighted by Crippen LogP contribution is 2.68. The van der Waals surface area contributed by atoms with Gasteiger partial charge >= 0.3 is 0 Å². The minimum Gasteiger partial charge on any atom is -0.390 e. The SMILES string of the molecule is C[C@]1(O)CC[C@@H]2CC[C@@H]3[C@H](CC[C@@]4(C)[C@H]3CC[C@@H]4[C@](C)(O)Cn3ccc(C#N)c3)[C@@]2(C)CC1. The number of fused-ring (bicyclic) bond motifs is 5. The maximum absolute atomic E-state index is 11.8. The van der Waals surface area contributed by atoms with E-state index in [2.05, 4.69) is 26.8 Å². The molecule has 0 unspecified atom stereocenters. The molecule has 0 radical (unpaired) electrons. The predicted octanol–water partition coefficient (Wildman–Crippen LogP) is 5.91. The Morgan fingerprint density at radius 2 is 1.76 bits per heavy atom. The molecule has 1 aromatic rings. The maximum Gasteiger partial charge on any atom is 0.101 e. The van der Waals surface area contributed by atoms with Crippen LogP contribution in [0.25, 0.3) is 0 Å². The van der Waals surface area contributed by atoms with Crippen molar-refractivity contribution in [3.8, 4) is 6.07 Å². The highest BCUT2D eigenvalue weighted by molar-refractivity contribution is 5.25. The molecular weight excluding hydrogens is 408 g/mol. The number of nitrogens with zero attached hydrogens (tertiary/aromatic N) is 2. The number of hydrogen-bond donors (Lipinski definition) is 2. The van der Waals surface area contributed by atoms with Gasteiger partial charge in [-0.2, -0.15) is 5.26 Å². The number of aromatic nitrogens is 1. The lowest BCUT2D eigenvalue weighted by atomic mass is 9.45. The standard InChI is InChI=1S/C29H44N2O2/c1-26(32)12-9-21-5-6-22-23-7-8-25(29(4,33)19-31-16-11-20(17-30)18-31)28(23,3)13-10-24(22)27(21,2)15-14-26/h11,16,18,21-25,32-33H,5-10,12-15,19H2,1-4H3/t21-,22-,23-,24-,25-,26-,27-,28-,29+/m0/s1. The molecule has 4 heteroatoms. The second-order valence-electron chi connectivity index (χ2n) is 13.4. The Balaban J connectivity index is 1.37. The zero-order valence-corrected chi connectivity index (χ0v) is 21.2. The Morgan fingerprint density at radius 1 is 1.00 bits per heavy atom. The molecule has 1 aromatic heterocycles. The third kappa shape index (κ3) is 3.79. The van der Waals surface area contributed by atoms with Crippen LogP contribution in [0.15, 0.2) is 18.5 Å². The van der Waals surface area contributed by atoms with Gasteiger partial charge in [-0.1, -0.05) is 13.8 Å². The summed E-state index contributed by atoms with van der Waals surface area (Å²) in [5.41, 5.74) is -0.0433. The lowest BCUT2D eigenvalue weighted by molar-refractivity contribution is -0.130. The monoisotopic (exact) mass is 452 g/mol. The van der Waals surface area contributed by atoms with E-state index in [0.717, 1.165) is 37.0 Å². The molecule has 0 spiro atoms. The van der Waals surface area contributed by atoms with Crippen molar-refractivity contribution >= 4 is 0 Å². The summed E-state index contributed by atoms with van der Waals surface area (Å²) in [4.78, 5) is 0. The first-order valence-electron chi connectivity index (χ1n) is 13.5. The normalized spacial score (nSPS) is 46.9. The zero-order chi connectivity index (χ0) is 23.6. The second kappa shape index (κ2) is 7.85. The molecule has 0 amide bonds. The molecule has 4 aliphatic rings. The molecule has 182 valence electrons. The van der Waals surface area contributed by atoms with Crippen LogP contribution < -0.4 is 0 Å². The summed E-state index contributed by atoms with van der Waals surface area (Å²) in [6.45, 7) is 9.71. The highest BCUT2D eigenvalue weighted by atomic mass is 16.3. The lowest BCUT2D eigenvalue weighted by Gasteiger charge is -2.60. The van der Waals surface area contributed by atoms with E-state index >= 15 is 0 Å². The van der Waals surface area contributed by atoms with E-state index in [1.54, 1.807) is 0 Å². The fraction of sp³-hybridized carbons (Fsp3) is 0.828. The van der Waals surface area contributed by atoms with Gasteiger partial charge in [0.05, 0.1) is 23.3 Å². The average molecular weight is 453 g/mol. The van der Waals surface area contributed by atoms with Crippen LogP contribution in [0.4, 0.5) is 0 Å². The Hall–Kier alpha value is -1.31. The van der Waals surface area contributed by atoms with Gasteiger partial charge in [0.15, 0.2) is 0 Å². The summed E-state index contributed by atoms with van der Waals surface area (Å²) in [5.74, 6) is 3.30. The second-order valence-corrected chi connectivity index (χ2v) is 13.4. The van der Waals surface area contributed by atoms with E-state index in [9.17, 15) is 15.5 Å². The van der Waals surface area contributed by atoms with Crippen LogP contribution in [0, 0.1) is 51.8 Å². The molecule has 0 aromatic carbocycles. The Bertz CT molecular complexity index is 926. The van der Waals surface area contributed by atoms with Crippen LogP contribution in [0.5, 0.6) is 0 Å². The van der Waals surface area contributed by atoms with Crippen LogP contribution in [0.2, 0.25) is 0 Å². The van der Waals surface area contributed by atoms with E-state index < -0.39 is 11.2 Å². The predicted molar refractivity (Wildman–Crippen MR) is 130 cm³/mol. The minimum atomic E-state index is -0.774. The smallest absolute Gasteiger partial charge is 0.101 e. The van der Waals surface area contributed by atoms with Gasteiger partial charge in [-0.25, -0.2) is 0 Å². The van der Waals surface area contributed by atoms with E-state index in [-0.39, 0.29) is 5.41 Å². The molecule has 4 nitrogen and oxygen atoms in total. The van der Waals surface area contributed by atoms with Gasteiger partial charge in [-0.3, -0.25) is 0 Å². The molecule has 4 fully saturated rings. The van der Waals surface area contributed by atoms with E-state index in [1.807, 2.05) is 30.0 Å². The van der Waals surface area contributed by atoms with Gasteiger partial charge in [-0.15, -0.1) is 0 Å². The third-order valence-electron chi connectivity index (χ3n) is 11.4. The van der Waals surface area contributed by atoms with E-state index in [0.29, 0.717) is 29.4 Å². The van der Waals surface area contributed by atoms with Crippen LogP contribution in [-0.2, 0) is 6.54 Å². The van der Waals surface area contributed by atoms with E-state index in [1.165, 1.54) is 44.9 Å². The van der Waals surface area contributed by atoms with Gasteiger partial charge < -0.3 is 14.8 Å². The summed E-state index contributed by atoms with van der Waals surface area (Å²) in [5, 5.41) is 31.7. The average Bonchev–Trinajstić information content (AvgIpc) is 3.32. The highest BCUT2D eigenvalue weighted by Gasteiger charge is 2.62. The van der Waals surface area contributed by atoms with Gasteiger partial charge in [-0.05, 0) is 125 Å². The van der Waals surface area contributed by atoms with Gasteiger partial charge in [0, 0.05) is 12.4 Å². The minimum absolute atomic E-state index is 0.190. The first-order valence-corrected chi connectivity index (χ1v) is 13.5. The van der Waals surface area contributed by atoms with Gasteiger partial charge in [0.25, 0.3) is 0 Å². The van der Waals surface area contributed by atoms with E-state index in [4.69, 9.17) is 0 Å². The van der Waals surface area contributed by atoms with Crippen molar-refractivity contribution in [1.29, 1.82) is 5.26 Å². The van der Waals surface area contributed by atoms with Crippen molar-refractivity contribution in [1.82, 2.24) is 4.57 Å². The molecule has 1 heterocycles. The number of nitriles is 1. The molecule has 33 heavy (non-hydrogen) atoms. The Labute approximate surface area is 200 Å². The molecule has 2 N–H and O–H groups in total. The first-order chi connectivity index (χ1) is 15.5. The van der Waals surface area contributed by atoms with Crippen LogP contribution in [0.3, 0.4) is 0 Å². The molecule has 0 bridgehead atoms. The van der Waals surface area contributed by atoms with Crippen molar-refractivity contribution in [3.63, 3.8) is 0 Å². The number of hydrogen-bond acceptors (Lipinski definition) is 3. The molecule has 9 atom stereocenters. The zero-order valence-electron chi connectivity index (χ0n) is 21.2. The summed E-state index contributed by atoms with van der Waals surface area (Å²) in [6.07, 6.45) is 15.6. The van der Waals surface area contributed by atoms with Crippen molar-refractivity contribution in [2.75, 3.05) is 0 Å². The Kier molecular flexibility index (Phi) is 5.58. The molecule has 0 saturated heterocycles. The maximum atomic E-state index is 11.8. The quantitative estimate of drug-likeness (QED) is 0.599. The first kappa shape index (κ1) is 23.4. The number of aliphatic hydroxyl groups is 2. The summed E-state index contributed by atoms with van der Waals surface area (Å²) in [6, 6.07) is 4.04. The lowest BCUT2D eigenvalue weighted by Crippen LogP contribution is -2.54. The van der Waals surface area contributed by atoms with Crippen LogP contribution in [-0.4, -0.2) is 26.0 Å². The number of rotatable bonds is 3. The molecule has 5 rings (SSSR count). The molecule has 0 aliphatic heterocycles. The fourth-order valence-corrected chi connectivity index (χ4v) is 9.65. The van der Waals surface area contributed by atoms with Crippen molar-refractivity contribution in [2.45, 2.75) is 110 Å². The topological polar surface area (TPSA) is 69.2 Å². The van der Waals surface area contributed by atoms with Crippen LogP contribution in [0.1, 0.15) is 97.5 Å². The summed E-state index contributed by atoms with van der Waals surface area (Å²) < 4.78 is 2.00. The Morgan fingerprint density at radius 3 is 2.48 bits per heavy atom. The molecular formula is C29H44N2O2.